The molecule has 0 spiro atoms. The van der Waals surface area contributed by atoms with Gasteiger partial charge in [0.2, 0.25) is 0 Å². The van der Waals surface area contributed by atoms with Gasteiger partial charge in [-0.25, -0.2) is 0 Å². The molecule has 0 heterocycles. The predicted molar refractivity (Wildman–Crippen MR) is 98.4 cm³/mol. The molecule has 25 heavy (non-hydrogen) atoms. The fourth-order valence-electron chi connectivity index (χ4n) is 2.66. The number of nitrogens with zero attached hydrogens (tertiary/aromatic N) is 2. The molecule has 0 aliphatic heterocycles. The van der Waals surface area contributed by atoms with Gasteiger partial charge < -0.3 is 15.1 Å². The minimum Gasteiger partial charge on any atom is -0.323 e. The zero-order chi connectivity index (χ0) is 19.4. The summed E-state index contributed by atoms with van der Waals surface area (Å²) in [7, 11) is 3.40. The number of carbonyl (C=O) groups excluding carboxylic acids is 2. The summed E-state index contributed by atoms with van der Waals surface area (Å²) in [6, 6.07) is 6.16. The minimum atomic E-state index is -0.865. The zero-order valence-corrected chi connectivity index (χ0v) is 16.3. The number of anilines is 1. The number of amides is 2. The van der Waals surface area contributed by atoms with E-state index in [2.05, 4.69) is 11.4 Å². The van der Waals surface area contributed by atoms with Crippen LogP contribution in [0.5, 0.6) is 0 Å². The van der Waals surface area contributed by atoms with Crippen LogP contribution < -0.4 is 10.2 Å². The van der Waals surface area contributed by atoms with E-state index in [0.717, 1.165) is 27.3 Å². The molecule has 0 aliphatic rings. The van der Waals surface area contributed by atoms with Crippen LogP contribution in [0.15, 0.2) is 12.1 Å². The van der Waals surface area contributed by atoms with Crippen LogP contribution in [0.3, 0.4) is 0 Å². The number of quaternary nitrogens is 1. The van der Waals surface area contributed by atoms with Crippen LogP contribution in [0.1, 0.15) is 30.5 Å². The van der Waals surface area contributed by atoms with Crippen LogP contribution >= 0.6 is 0 Å². The lowest BCUT2D eigenvalue weighted by Crippen LogP contribution is -3.11. The molecule has 1 aromatic carbocycles. The van der Waals surface area contributed by atoms with E-state index in [1.165, 1.54) is 4.90 Å². The maximum absolute atomic E-state index is 12.3. The maximum atomic E-state index is 12.3. The summed E-state index contributed by atoms with van der Waals surface area (Å²) >= 11 is 0. The smallest absolute Gasteiger partial charge is 0.279 e. The number of nitriles is 1. The molecular weight excluding hydrogens is 316 g/mol. The van der Waals surface area contributed by atoms with Gasteiger partial charge in [0.05, 0.1) is 13.1 Å². The number of aryl methyl sites for hydroxylation is 3. The van der Waals surface area contributed by atoms with Gasteiger partial charge in [0.1, 0.15) is 5.54 Å². The second-order valence-electron chi connectivity index (χ2n) is 7.26. The fourth-order valence-corrected chi connectivity index (χ4v) is 2.66. The van der Waals surface area contributed by atoms with Crippen molar-refractivity contribution in [3.63, 3.8) is 0 Å². The van der Waals surface area contributed by atoms with Crippen LogP contribution in [0.25, 0.3) is 0 Å². The molecule has 0 bridgehead atoms. The average Bonchev–Trinajstić information content (AvgIpc) is 2.49. The molecule has 6 heteroatoms. The lowest BCUT2D eigenvalue weighted by atomic mass is 10.1. The first kappa shape index (κ1) is 20.7. The van der Waals surface area contributed by atoms with Gasteiger partial charge in [-0.3, -0.25) is 9.59 Å². The SMILES string of the molecule is Cc1cc(C)c(NC(=O)C[NH+](C)CC(=O)N(C)C(C)(C)C#N)c(C)c1. The molecule has 136 valence electrons. The second kappa shape index (κ2) is 8.13. The quantitative estimate of drug-likeness (QED) is 0.801. The average molecular weight is 345 g/mol. The summed E-state index contributed by atoms with van der Waals surface area (Å²) in [6.07, 6.45) is 0. The molecule has 2 amide bonds. The van der Waals surface area contributed by atoms with Crippen molar-refractivity contribution in [1.82, 2.24) is 4.90 Å². The molecule has 0 radical (unpaired) electrons. The van der Waals surface area contributed by atoms with Crippen molar-refractivity contribution < 1.29 is 14.5 Å². The van der Waals surface area contributed by atoms with Gasteiger partial charge in [0, 0.05) is 12.7 Å². The van der Waals surface area contributed by atoms with Crippen molar-refractivity contribution in [3.8, 4) is 6.07 Å². The monoisotopic (exact) mass is 345 g/mol. The number of carbonyl (C=O) groups is 2. The second-order valence-corrected chi connectivity index (χ2v) is 7.26. The molecule has 1 aromatic rings. The van der Waals surface area contributed by atoms with Crippen LogP contribution in [-0.2, 0) is 9.59 Å². The Bertz CT molecular complexity index is 681. The van der Waals surface area contributed by atoms with Crippen molar-refractivity contribution in [3.05, 3.63) is 28.8 Å². The van der Waals surface area contributed by atoms with Gasteiger partial charge in [-0.2, -0.15) is 5.26 Å². The minimum absolute atomic E-state index is 0.137. The Morgan fingerprint density at radius 1 is 1.20 bits per heavy atom. The third-order valence-electron chi connectivity index (χ3n) is 4.34. The number of nitrogens with one attached hydrogen (secondary N) is 2. The van der Waals surface area contributed by atoms with E-state index >= 15 is 0 Å². The molecule has 0 saturated heterocycles. The summed E-state index contributed by atoms with van der Waals surface area (Å²) < 4.78 is 0. The van der Waals surface area contributed by atoms with E-state index < -0.39 is 5.54 Å². The van der Waals surface area contributed by atoms with Gasteiger partial charge in [-0.15, -0.1) is 0 Å². The Labute approximate surface area is 150 Å². The van der Waals surface area contributed by atoms with E-state index in [1.807, 2.05) is 32.9 Å². The molecule has 0 aliphatic carbocycles. The number of likely N-dealkylation sites (N-methyl/N-ethyl adjacent to an activating group) is 2. The number of hydrogen-bond donors (Lipinski definition) is 2. The Morgan fingerprint density at radius 2 is 1.72 bits per heavy atom. The highest BCUT2D eigenvalue weighted by molar-refractivity contribution is 5.93. The Balaban J connectivity index is 2.67. The van der Waals surface area contributed by atoms with Gasteiger partial charge in [-0.1, -0.05) is 17.7 Å². The summed E-state index contributed by atoms with van der Waals surface area (Å²) in [5.74, 6) is -0.304. The first-order chi connectivity index (χ1) is 11.5. The van der Waals surface area contributed by atoms with Gasteiger partial charge in [-0.05, 0) is 45.7 Å². The van der Waals surface area contributed by atoms with Crippen LogP contribution in [-0.4, -0.2) is 49.4 Å². The predicted octanol–water partition coefficient (Wildman–Crippen LogP) is 0.826. The molecule has 0 saturated carbocycles. The van der Waals surface area contributed by atoms with E-state index in [1.54, 1.807) is 27.9 Å². The summed E-state index contributed by atoms with van der Waals surface area (Å²) in [5.41, 5.74) is 3.17. The van der Waals surface area contributed by atoms with Crippen molar-refractivity contribution in [2.75, 3.05) is 32.5 Å². The Kier molecular flexibility index (Phi) is 6.71. The first-order valence-electron chi connectivity index (χ1n) is 8.35. The van der Waals surface area contributed by atoms with Crippen molar-refractivity contribution in [1.29, 1.82) is 5.26 Å². The van der Waals surface area contributed by atoms with E-state index in [4.69, 9.17) is 5.26 Å². The summed E-state index contributed by atoms with van der Waals surface area (Å²) in [6.45, 7) is 9.67. The van der Waals surface area contributed by atoms with Crippen LogP contribution in [0.4, 0.5) is 5.69 Å². The molecular formula is C19H29N4O2+. The maximum Gasteiger partial charge on any atom is 0.279 e. The van der Waals surface area contributed by atoms with Crippen molar-refractivity contribution in [2.45, 2.75) is 40.2 Å². The molecule has 1 rings (SSSR count). The van der Waals surface area contributed by atoms with Gasteiger partial charge in [0.15, 0.2) is 13.1 Å². The molecule has 1 atom stereocenters. The van der Waals surface area contributed by atoms with Gasteiger partial charge >= 0.3 is 0 Å². The molecule has 1 unspecified atom stereocenters. The molecule has 0 fully saturated rings. The third kappa shape index (κ3) is 5.57. The fraction of sp³-hybridized carbons (Fsp3) is 0.526. The Hall–Kier alpha value is -2.39. The summed E-state index contributed by atoms with van der Waals surface area (Å²) in [5, 5.41) is 12.1. The van der Waals surface area contributed by atoms with Crippen molar-refractivity contribution >= 4 is 17.5 Å². The summed E-state index contributed by atoms with van der Waals surface area (Å²) in [4.78, 5) is 26.8. The topological polar surface area (TPSA) is 77.6 Å². The zero-order valence-electron chi connectivity index (χ0n) is 16.3. The normalized spacial score (nSPS) is 12.2. The molecule has 2 N–H and O–H groups in total. The highest BCUT2D eigenvalue weighted by Crippen LogP contribution is 2.21. The number of hydrogen-bond acceptors (Lipinski definition) is 3. The standard InChI is InChI=1S/C19H28N4O2/c1-13-8-14(2)18(15(3)9-13)21-16(24)10-22(6)11-17(25)23(7)19(4,5)12-20/h8-9H,10-11H2,1-7H3,(H,21,24)/p+1. The number of rotatable bonds is 6. The van der Waals surface area contributed by atoms with Crippen molar-refractivity contribution in [2.24, 2.45) is 0 Å². The highest BCUT2D eigenvalue weighted by atomic mass is 16.2. The van der Waals surface area contributed by atoms with E-state index in [-0.39, 0.29) is 24.9 Å². The first-order valence-corrected chi connectivity index (χ1v) is 8.35. The lowest BCUT2D eigenvalue weighted by molar-refractivity contribution is -0.862. The number of benzene rings is 1. The van der Waals surface area contributed by atoms with Crippen LogP contribution in [0, 0.1) is 32.1 Å². The van der Waals surface area contributed by atoms with Gasteiger partial charge in [0.25, 0.3) is 11.8 Å². The van der Waals surface area contributed by atoms with E-state index in [9.17, 15) is 9.59 Å². The largest absolute Gasteiger partial charge is 0.323 e. The third-order valence-corrected chi connectivity index (χ3v) is 4.34. The lowest BCUT2D eigenvalue weighted by Gasteiger charge is -2.29. The van der Waals surface area contributed by atoms with E-state index in [0.29, 0.717) is 0 Å². The molecule has 6 nitrogen and oxygen atoms in total. The van der Waals surface area contributed by atoms with Crippen LogP contribution in [0.2, 0.25) is 0 Å². The Morgan fingerprint density at radius 3 is 2.20 bits per heavy atom. The molecule has 0 aromatic heterocycles. The highest BCUT2D eigenvalue weighted by Gasteiger charge is 2.29.